The lowest BCUT2D eigenvalue weighted by Gasteiger charge is -2.37. The number of carbonyl (C=O) groups excluding carboxylic acids is 1. The molecule has 2 rings (SSSR count). The minimum atomic E-state index is -1.88. The first-order valence-corrected chi connectivity index (χ1v) is 21.8. The topological polar surface area (TPSA) is 44.8 Å². The van der Waals surface area contributed by atoms with E-state index >= 15 is 0 Å². The lowest BCUT2D eigenvalue weighted by Crippen LogP contribution is -2.41. The fourth-order valence-corrected chi connectivity index (χ4v) is 6.87. The van der Waals surface area contributed by atoms with Crippen LogP contribution in [0.5, 0.6) is 0 Å². The third kappa shape index (κ3) is 10.6. The summed E-state index contributed by atoms with van der Waals surface area (Å²) in [6.45, 7) is 26.5. The third-order valence-electron chi connectivity index (χ3n) is 9.08. The van der Waals surface area contributed by atoms with Crippen molar-refractivity contribution in [2.45, 2.75) is 130 Å². The highest BCUT2D eigenvalue weighted by molar-refractivity contribution is 7.11. The first-order valence-electron chi connectivity index (χ1n) is 15.1. The molecule has 0 atom stereocenters. The Labute approximate surface area is 257 Å². The molecule has 1 heterocycles. The molecule has 0 N–H and O–H groups in total. The fraction of sp³-hybridized carbons (Fsp3) is 0.618. The predicted octanol–water partition coefficient (Wildman–Crippen LogP) is 10.3. The molecule has 0 aliphatic rings. The number of benzene rings is 1. The summed E-state index contributed by atoms with van der Waals surface area (Å²) in [5.74, 6) is -0.157. The largest absolute Gasteiger partial charge is 0.469 e. The molecule has 0 saturated carbocycles. The van der Waals surface area contributed by atoms with E-state index in [-0.39, 0.29) is 16.0 Å². The monoisotopic (exact) mass is 616 g/mol. The lowest BCUT2D eigenvalue weighted by atomic mass is 10.00. The third-order valence-corrected chi connectivity index (χ3v) is 19.1. The SMILES string of the molecule is CC/C(=C\CCC(=O)OC)c1cc(CCc2ccc(CO[Si](C)(C)C(C)(C)C)c(CO[Si](C)(C)C(C)(C)C)c2)cs1. The molecular weight excluding hydrogens is 561 g/mol. The van der Waals surface area contributed by atoms with Gasteiger partial charge in [0.25, 0.3) is 0 Å². The highest BCUT2D eigenvalue weighted by atomic mass is 32.1. The van der Waals surface area contributed by atoms with Gasteiger partial charge in [0.2, 0.25) is 0 Å². The molecule has 7 heteroatoms. The number of rotatable bonds is 14. The van der Waals surface area contributed by atoms with Gasteiger partial charge in [0.15, 0.2) is 16.6 Å². The lowest BCUT2D eigenvalue weighted by molar-refractivity contribution is -0.140. The molecule has 0 spiro atoms. The Bertz CT molecular complexity index is 1170. The van der Waals surface area contributed by atoms with Crippen molar-refractivity contribution in [2.24, 2.45) is 0 Å². The molecule has 2 aromatic rings. The van der Waals surface area contributed by atoms with Crippen molar-refractivity contribution in [1.82, 2.24) is 0 Å². The van der Waals surface area contributed by atoms with E-state index < -0.39 is 16.6 Å². The number of hydrogen-bond donors (Lipinski definition) is 0. The smallest absolute Gasteiger partial charge is 0.305 e. The molecular formula is C34H56O4SSi2. The quantitative estimate of drug-likeness (QED) is 0.156. The van der Waals surface area contributed by atoms with Gasteiger partial charge >= 0.3 is 5.97 Å². The standard InChI is InChI=1S/C34H56O4SSi2/c1-13-28(15-14-16-32(35)36-8)31-22-27(25-39-31)18-17-26-19-20-29(23-37-40(9,10)33(2,3)4)30(21-26)24-38-41(11,12)34(5,6)7/h15,19-22,25H,13-14,16-18,23-24H2,1-12H3/b28-15+. The van der Waals surface area contributed by atoms with Crippen molar-refractivity contribution in [3.63, 3.8) is 0 Å². The first kappa shape index (κ1) is 35.7. The molecule has 1 aromatic heterocycles. The van der Waals surface area contributed by atoms with E-state index in [9.17, 15) is 4.79 Å². The van der Waals surface area contributed by atoms with E-state index in [2.05, 4.69) is 110 Å². The number of ether oxygens (including phenoxy) is 1. The normalized spacial score (nSPS) is 13.5. The Morgan fingerprint density at radius 2 is 1.41 bits per heavy atom. The van der Waals surface area contributed by atoms with Gasteiger partial charge in [-0.3, -0.25) is 4.79 Å². The van der Waals surface area contributed by atoms with E-state index in [1.165, 1.54) is 39.8 Å². The molecule has 0 radical (unpaired) electrons. The summed E-state index contributed by atoms with van der Waals surface area (Å²) < 4.78 is 18.1. The molecule has 0 unspecified atom stereocenters. The zero-order chi connectivity index (χ0) is 31.1. The maximum Gasteiger partial charge on any atom is 0.305 e. The Balaban J connectivity index is 2.20. The van der Waals surface area contributed by atoms with E-state index in [1.807, 2.05) is 0 Å². The minimum absolute atomic E-state index is 0.157. The van der Waals surface area contributed by atoms with Gasteiger partial charge in [0, 0.05) is 11.3 Å². The van der Waals surface area contributed by atoms with Crippen molar-refractivity contribution in [3.05, 3.63) is 62.9 Å². The second-order valence-corrected chi connectivity index (χ2v) is 24.7. The van der Waals surface area contributed by atoms with Crippen LogP contribution in [0.25, 0.3) is 5.57 Å². The fourth-order valence-electron chi connectivity index (χ4n) is 3.91. The second-order valence-electron chi connectivity index (χ2n) is 14.2. The van der Waals surface area contributed by atoms with Crippen LogP contribution in [0.3, 0.4) is 0 Å². The van der Waals surface area contributed by atoms with Crippen LogP contribution in [0, 0.1) is 0 Å². The van der Waals surface area contributed by atoms with Gasteiger partial charge < -0.3 is 13.6 Å². The summed E-state index contributed by atoms with van der Waals surface area (Å²) >= 11 is 1.80. The van der Waals surface area contributed by atoms with Crippen molar-refractivity contribution < 1.29 is 18.4 Å². The van der Waals surface area contributed by atoms with Crippen molar-refractivity contribution >= 4 is 39.5 Å². The summed E-state index contributed by atoms with van der Waals surface area (Å²) in [5.41, 5.74) is 6.52. The van der Waals surface area contributed by atoms with Gasteiger partial charge in [-0.25, -0.2) is 0 Å². The summed E-state index contributed by atoms with van der Waals surface area (Å²) in [7, 11) is -2.29. The van der Waals surface area contributed by atoms with E-state index in [0.29, 0.717) is 26.1 Å². The molecule has 230 valence electrons. The van der Waals surface area contributed by atoms with E-state index in [1.54, 1.807) is 11.3 Å². The zero-order valence-corrected chi connectivity index (χ0v) is 30.8. The molecule has 0 aliphatic heterocycles. The van der Waals surface area contributed by atoms with Crippen molar-refractivity contribution in [1.29, 1.82) is 0 Å². The molecule has 41 heavy (non-hydrogen) atoms. The van der Waals surface area contributed by atoms with Crippen molar-refractivity contribution in [2.75, 3.05) is 7.11 Å². The van der Waals surface area contributed by atoms with Gasteiger partial charge in [0.1, 0.15) is 0 Å². The van der Waals surface area contributed by atoms with Gasteiger partial charge in [-0.05, 0) is 101 Å². The van der Waals surface area contributed by atoms with Crippen molar-refractivity contribution in [3.8, 4) is 0 Å². The zero-order valence-electron chi connectivity index (χ0n) is 28.0. The highest BCUT2D eigenvalue weighted by Crippen LogP contribution is 2.39. The summed E-state index contributed by atoms with van der Waals surface area (Å²) in [4.78, 5) is 12.8. The predicted molar refractivity (Wildman–Crippen MR) is 182 cm³/mol. The number of aryl methyl sites for hydroxylation is 2. The van der Waals surface area contributed by atoms with Crippen LogP contribution >= 0.6 is 11.3 Å². The summed E-state index contributed by atoms with van der Waals surface area (Å²) in [5, 5.41) is 2.63. The maximum atomic E-state index is 11.5. The summed E-state index contributed by atoms with van der Waals surface area (Å²) in [6.07, 6.45) is 6.27. The molecule has 1 aromatic carbocycles. The molecule has 0 saturated heterocycles. The Morgan fingerprint density at radius 3 is 1.95 bits per heavy atom. The molecule has 0 amide bonds. The Morgan fingerprint density at radius 1 is 0.854 bits per heavy atom. The van der Waals surface area contributed by atoms with Crippen LogP contribution in [0.2, 0.25) is 36.3 Å². The average molecular weight is 617 g/mol. The van der Waals surface area contributed by atoms with Gasteiger partial charge in [0.05, 0.1) is 20.3 Å². The Kier molecular flexibility index (Phi) is 12.9. The first-order chi connectivity index (χ1) is 18.9. The van der Waals surface area contributed by atoms with Gasteiger partial charge in [-0.1, -0.05) is 72.7 Å². The molecule has 0 aliphatic carbocycles. The van der Waals surface area contributed by atoms with Gasteiger partial charge in [-0.2, -0.15) is 0 Å². The number of carbonyl (C=O) groups is 1. The number of thiophene rings is 1. The molecule has 4 nitrogen and oxygen atoms in total. The number of methoxy groups -OCH3 is 1. The number of esters is 1. The molecule has 0 fully saturated rings. The Hall–Kier alpha value is -1.52. The van der Waals surface area contributed by atoms with Crippen LogP contribution in [-0.2, 0) is 44.4 Å². The van der Waals surface area contributed by atoms with Crippen LogP contribution in [0.4, 0.5) is 0 Å². The highest BCUT2D eigenvalue weighted by Gasteiger charge is 2.38. The summed E-state index contributed by atoms with van der Waals surface area (Å²) in [6, 6.07) is 9.22. The number of allylic oxidation sites excluding steroid dienone is 2. The van der Waals surface area contributed by atoms with Crippen LogP contribution in [-0.4, -0.2) is 29.7 Å². The van der Waals surface area contributed by atoms with Crippen LogP contribution < -0.4 is 0 Å². The second kappa shape index (κ2) is 14.8. The van der Waals surface area contributed by atoms with E-state index in [4.69, 9.17) is 13.6 Å². The van der Waals surface area contributed by atoms with E-state index in [0.717, 1.165) is 19.3 Å². The average Bonchev–Trinajstić information content (AvgIpc) is 3.35. The molecule has 0 bridgehead atoms. The maximum absolute atomic E-state index is 11.5. The number of hydrogen-bond acceptors (Lipinski definition) is 5. The van der Waals surface area contributed by atoms with Crippen LogP contribution in [0.1, 0.15) is 94.9 Å². The van der Waals surface area contributed by atoms with Gasteiger partial charge in [-0.15, -0.1) is 11.3 Å². The minimum Gasteiger partial charge on any atom is -0.469 e. The van der Waals surface area contributed by atoms with Crippen LogP contribution in [0.15, 0.2) is 35.7 Å².